The normalized spacial score (nSPS) is 20.6. The van der Waals surface area contributed by atoms with Crippen LogP contribution >= 0.6 is 0 Å². The number of halogens is 2. The SMILES string of the molecule is Cn1ncc(C(C)(C)C)c1CN1CCC(F)(F)C1. The van der Waals surface area contributed by atoms with Gasteiger partial charge in [0.15, 0.2) is 0 Å². The summed E-state index contributed by atoms with van der Waals surface area (Å²) in [5, 5.41) is 4.26. The van der Waals surface area contributed by atoms with Crippen LogP contribution in [-0.4, -0.2) is 33.7 Å². The Morgan fingerprint density at radius 2 is 2.06 bits per heavy atom. The zero-order valence-corrected chi connectivity index (χ0v) is 11.5. The Morgan fingerprint density at radius 1 is 1.39 bits per heavy atom. The van der Waals surface area contributed by atoms with Gasteiger partial charge in [-0.3, -0.25) is 9.58 Å². The van der Waals surface area contributed by atoms with Gasteiger partial charge in [0, 0.05) is 26.6 Å². The highest BCUT2D eigenvalue weighted by molar-refractivity contribution is 5.25. The Balaban J connectivity index is 2.17. The molecule has 0 aliphatic carbocycles. The number of hydrogen-bond acceptors (Lipinski definition) is 2. The highest BCUT2D eigenvalue weighted by atomic mass is 19.3. The van der Waals surface area contributed by atoms with Crippen molar-refractivity contribution in [3.63, 3.8) is 0 Å². The van der Waals surface area contributed by atoms with Gasteiger partial charge in [0.05, 0.1) is 18.4 Å². The fourth-order valence-electron chi connectivity index (χ4n) is 2.43. The molecular weight excluding hydrogens is 236 g/mol. The lowest BCUT2D eigenvalue weighted by molar-refractivity contribution is 0.0112. The summed E-state index contributed by atoms with van der Waals surface area (Å²) in [5.41, 5.74) is 2.17. The van der Waals surface area contributed by atoms with E-state index in [0.717, 1.165) is 11.3 Å². The minimum atomic E-state index is -2.53. The quantitative estimate of drug-likeness (QED) is 0.812. The Labute approximate surface area is 107 Å². The largest absolute Gasteiger partial charge is 0.291 e. The average Bonchev–Trinajstić information content (AvgIpc) is 2.71. The molecule has 0 amide bonds. The van der Waals surface area contributed by atoms with Crippen molar-refractivity contribution in [1.82, 2.24) is 14.7 Å². The molecule has 2 heterocycles. The van der Waals surface area contributed by atoms with Crippen molar-refractivity contribution in [1.29, 1.82) is 0 Å². The molecule has 1 aromatic rings. The van der Waals surface area contributed by atoms with Crippen molar-refractivity contribution < 1.29 is 8.78 Å². The third-order valence-corrected chi connectivity index (χ3v) is 3.49. The molecule has 0 bridgehead atoms. The highest BCUT2D eigenvalue weighted by Crippen LogP contribution is 2.30. The summed E-state index contributed by atoms with van der Waals surface area (Å²) in [7, 11) is 1.87. The summed E-state index contributed by atoms with van der Waals surface area (Å²) in [5.74, 6) is -2.53. The summed E-state index contributed by atoms with van der Waals surface area (Å²) in [6, 6.07) is 0. The van der Waals surface area contributed by atoms with Crippen LogP contribution in [0.15, 0.2) is 6.20 Å². The minimum absolute atomic E-state index is 0.00810. The molecule has 2 rings (SSSR count). The van der Waals surface area contributed by atoms with Gasteiger partial charge in [-0.2, -0.15) is 5.10 Å². The average molecular weight is 257 g/mol. The molecule has 0 unspecified atom stereocenters. The van der Waals surface area contributed by atoms with Gasteiger partial charge in [0.2, 0.25) is 0 Å². The predicted octanol–water partition coefficient (Wildman–Crippen LogP) is 2.56. The molecule has 1 aliphatic rings. The molecule has 0 spiro atoms. The fraction of sp³-hybridized carbons (Fsp3) is 0.769. The summed E-state index contributed by atoms with van der Waals surface area (Å²) in [6.45, 7) is 7.23. The van der Waals surface area contributed by atoms with Crippen molar-refractivity contribution in [2.45, 2.75) is 45.1 Å². The van der Waals surface area contributed by atoms with Crippen molar-refractivity contribution in [3.8, 4) is 0 Å². The van der Waals surface area contributed by atoms with Crippen LogP contribution in [0.5, 0.6) is 0 Å². The van der Waals surface area contributed by atoms with E-state index in [-0.39, 0.29) is 18.4 Å². The number of aryl methyl sites for hydroxylation is 1. The van der Waals surface area contributed by atoms with Crippen molar-refractivity contribution in [2.24, 2.45) is 7.05 Å². The lowest BCUT2D eigenvalue weighted by atomic mass is 9.87. The van der Waals surface area contributed by atoms with E-state index in [9.17, 15) is 8.78 Å². The zero-order valence-electron chi connectivity index (χ0n) is 11.5. The van der Waals surface area contributed by atoms with Gasteiger partial charge < -0.3 is 0 Å². The molecule has 18 heavy (non-hydrogen) atoms. The van der Waals surface area contributed by atoms with Crippen LogP contribution in [0.25, 0.3) is 0 Å². The molecule has 0 aromatic carbocycles. The lowest BCUT2D eigenvalue weighted by Crippen LogP contribution is -2.27. The molecule has 0 atom stereocenters. The second-order valence-corrected chi connectivity index (χ2v) is 6.20. The van der Waals surface area contributed by atoms with Gasteiger partial charge in [-0.05, 0) is 11.0 Å². The summed E-state index contributed by atoms with van der Waals surface area (Å²) >= 11 is 0. The molecule has 1 saturated heterocycles. The molecule has 1 fully saturated rings. The number of rotatable bonds is 2. The maximum absolute atomic E-state index is 13.2. The lowest BCUT2D eigenvalue weighted by Gasteiger charge is -2.22. The maximum Gasteiger partial charge on any atom is 0.261 e. The van der Waals surface area contributed by atoms with Crippen LogP contribution in [0.2, 0.25) is 0 Å². The molecule has 3 nitrogen and oxygen atoms in total. The smallest absolute Gasteiger partial charge is 0.261 e. The molecule has 5 heteroatoms. The van der Waals surface area contributed by atoms with Gasteiger partial charge in [0.1, 0.15) is 0 Å². The van der Waals surface area contributed by atoms with Crippen LogP contribution in [0.3, 0.4) is 0 Å². The molecule has 1 aliphatic heterocycles. The van der Waals surface area contributed by atoms with Gasteiger partial charge in [-0.1, -0.05) is 20.8 Å². The number of aromatic nitrogens is 2. The molecule has 0 N–H and O–H groups in total. The third kappa shape index (κ3) is 2.71. The van der Waals surface area contributed by atoms with Gasteiger partial charge >= 0.3 is 0 Å². The van der Waals surface area contributed by atoms with Gasteiger partial charge in [-0.25, -0.2) is 8.78 Å². The first-order valence-electron chi connectivity index (χ1n) is 6.31. The van der Waals surface area contributed by atoms with Crippen LogP contribution in [0.4, 0.5) is 8.78 Å². The number of nitrogens with zero attached hydrogens (tertiary/aromatic N) is 3. The molecule has 1 aromatic heterocycles. The Hall–Kier alpha value is -0.970. The minimum Gasteiger partial charge on any atom is -0.291 e. The molecule has 102 valence electrons. The van der Waals surface area contributed by atoms with Crippen LogP contribution < -0.4 is 0 Å². The maximum atomic E-state index is 13.2. The molecular formula is C13H21F2N3. The number of hydrogen-bond donors (Lipinski definition) is 0. The van der Waals surface area contributed by atoms with E-state index in [2.05, 4.69) is 25.9 Å². The van der Waals surface area contributed by atoms with E-state index in [1.165, 1.54) is 0 Å². The molecule has 0 saturated carbocycles. The van der Waals surface area contributed by atoms with Gasteiger partial charge in [-0.15, -0.1) is 0 Å². The van der Waals surface area contributed by atoms with Crippen molar-refractivity contribution in [2.75, 3.05) is 13.1 Å². The summed E-state index contributed by atoms with van der Waals surface area (Å²) in [6.07, 6.45) is 1.82. The number of likely N-dealkylation sites (tertiary alicyclic amines) is 1. The first-order valence-corrected chi connectivity index (χ1v) is 6.31. The highest BCUT2D eigenvalue weighted by Gasteiger charge is 2.38. The Morgan fingerprint density at radius 3 is 2.56 bits per heavy atom. The van der Waals surface area contributed by atoms with Crippen LogP contribution in [0, 0.1) is 0 Å². The van der Waals surface area contributed by atoms with E-state index in [4.69, 9.17) is 0 Å². The first kappa shape index (κ1) is 13.5. The van der Waals surface area contributed by atoms with Crippen molar-refractivity contribution in [3.05, 3.63) is 17.5 Å². The fourth-order valence-corrected chi connectivity index (χ4v) is 2.43. The second-order valence-electron chi connectivity index (χ2n) is 6.20. The Bertz CT molecular complexity index is 432. The Kier molecular flexibility index (Phi) is 3.21. The van der Waals surface area contributed by atoms with Crippen LogP contribution in [0.1, 0.15) is 38.4 Å². The zero-order chi connectivity index (χ0) is 13.6. The van der Waals surface area contributed by atoms with E-state index in [1.54, 1.807) is 4.68 Å². The van der Waals surface area contributed by atoms with E-state index < -0.39 is 5.92 Å². The monoisotopic (exact) mass is 257 g/mol. The summed E-state index contributed by atoms with van der Waals surface area (Å²) < 4.78 is 28.2. The first-order chi connectivity index (χ1) is 8.19. The summed E-state index contributed by atoms with van der Waals surface area (Å²) in [4.78, 5) is 1.81. The van der Waals surface area contributed by atoms with Crippen LogP contribution in [-0.2, 0) is 19.0 Å². The van der Waals surface area contributed by atoms with Gasteiger partial charge in [0.25, 0.3) is 5.92 Å². The molecule has 0 radical (unpaired) electrons. The van der Waals surface area contributed by atoms with Crippen molar-refractivity contribution >= 4 is 0 Å². The predicted molar refractivity (Wildman–Crippen MR) is 66.7 cm³/mol. The standard InChI is InChI=1S/C13H21F2N3/c1-12(2,3)10-7-16-17(4)11(10)8-18-6-5-13(14,15)9-18/h7H,5-6,8-9H2,1-4H3. The number of alkyl halides is 2. The van der Waals surface area contributed by atoms with E-state index in [1.807, 2.05) is 18.1 Å². The second kappa shape index (κ2) is 4.30. The third-order valence-electron chi connectivity index (χ3n) is 3.49. The van der Waals surface area contributed by atoms with E-state index in [0.29, 0.717) is 13.1 Å². The topological polar surface area (TPSA) is 21.1 Å². The van der Waals surface area contributed by atoms with E-state index >= 15 is 0 Å².